The van der Waals surface area contributed by atoms with Crippen LogP contribution in [0.5, 0.6) is 0 Å². The molecule has 7 heteroatoms. The minimum Gasteiger partial charge on any atom is -0.356 e. The molecule has 140 valence electrons. The first kappa shape index (κ1) is 19.9. The molecule has 0 atom stereocenters. The molecule has 26 heavy (non-hydrogen) atoms. The van der Waals surface area contributed by atoms with Crippen molar-refractivity contribution in [1.82, 2.24) is 5.32 Å². The average molecular weight is 378 g/mol. The lowest BCUT2D eigenvalue weighted by molar-refractivity contribution is -0.120. The van der Waals surface area contributed by atoms with E-state index >= 15 is 0 Å². The molecule has 0 radical (unpaired) electrons. The predicted molar refractivity (Wildman–Crippen MR) is 101 cm³/mol. The molecule has 0 aromatic heterocycles. The number of nitrogens with one attached hydrogen (secondary N) is 1. The fourth-order valence-corrected chi connectivity index (χ4v) is 3.48. The smallest absolute Gasteiger partial charge is 0.232 e. The van der Waals surface area contributed by atoms with Gasteiger partial charge >= 0.3 is 0 Å². The summed E-state index contributed by atoms with van der Waals surface area (Å²) in [6.45, 7) is 0.540. The van der Waals surface area contributed by atoms with Crippen molar-refractivity contribution in [3.05, 3.63) is 66.0 Å². The van der Waals surface area contributed by atoms with Crippen LogP contribution in [0.15, 0.2) is 54.6 Å². The van der Waals surface area contributed by atoms with E-state index in [2.05, 4.69) is 5.32 Å². The van der Waals surface area contributed by atoms with Gasteiger partial charge in [0.1, 0.15) is 5.82 Å². The van der Waals surface area contributed by atoms with Gasteiger partial charge in [0.2, 0.25) is 15.9 Å². The molecule has 0 aliphatic heterocycles. The zero-order valence-electron chi connectivity index (χ0n) is 14.7. The predicted octanol–water partition coefficient (Wildman–Crippen LogP) is 2.73. The molecule has 2 rings (SSSR count). The van der Waals surface area contributed by atoms with Crippen molar-refractivity contribution in [3.8, 4) is 0 Å². The Balaban J connectivity index is 1.80. The van der Waals surface area contributed by atoms with Crippen LogP contribution in [0.4, 0.5) is 10.1 Å². The fourth-order valence-electron chi connectivity index (χ4n) is 2.55. The van der Waals surface area contributed by atoms with Gasteiger partial charge in [-0.1, -0.05) is 30.3 Å². The largest absolute Gasteiger partial charge is 0.356 e. The second-order valence-electron chi connectivity index (χ2n) is 6.00. The molecule has 5 nitrogen and oxygen atoms in total. The number of nitrogens with zero attached hydrogens (tertiary/aromatic N) is 1. The molecule has 0 saturated carbocycles. The maximum absolute atomic E-state index is 13.0. The number of hydrogen-bond donors (Lipinski definition) is 1. The Labute approximate surface area is 153 Å². The second-order valence-corrected chi connectivity index (χ2v) is 7.91. The van der Waals surface area contributed by atoms with E-state index in [1.54, 1.807) is 0 Å². The van der Waals surface area contributed by atoms with Gasteiger partial charge in [-0.15, -0.1) is 0 Å². The number of benzene rings is 2. The zero-order chi connectivity index (χ0) is 19.0. The van der Waals surface area contributed by atoms with Gasteiger partial charge in [0, 0.05) is 19.5 Å². The van der Waals surface area contributed by atoms with Gasteiger partial charge < -0.3 is 5.32 Å². The van der Waals surface area contributed by atoms with Crippen LogP contribution >= 0.6 is 0 Å². The lowest BCUT2D eigenvalue weighted by atomic mass is 10.1. The van der Waals surface area contributed by atoms with E-state index in [0.29, 0.717) is 12.2 Å². The van der Waals surface area contributed by atoms with Crippen LogP contribution in [0, 0.1) is 5.82 Å². The lowest BCUT2D eigenvalue weighted by Gasteiger charge is -2.22. The molecule has 1 N–H and O–H groups in total. The number of amides is 1. The number of hydrogen-bond acceptors (Lipinski definition) is 3. The van der Waals surface area contributed by atoms with Crippen molar-refractivity contribution < 1.29 is 17.6 Å². The molecule has 0 aliphatic rings. The maximum Gasteiger partial charge on any atom is 0.232 e. The minimum absolute atomic E-state index is 0.00891. The van der Waals surface area contributed by atoms with Gasteiger partial charge in [-0.25, -0.2) is 12.8 Å². The summed E-state index contributed by atoms with van der Waals surface area (Å²) >= 11 is 0. The number of aryl methyl sites for hydroxylation is 1. The first-order valence-corrected chi connectivity index (χ1v) is 10.2. The number of carbonyl (C=O) groups excluding carboxylic acids is 1. The number of rotatable bonds is 9. The SMILES string of the molecule is CS(=O)(=O)N(CCC(=O)NCCCc1ccccc1)c1ccc(F)cc1. The fraction of sp³-hybridized carbons (Fsp3) is 0.316. The topological polar surface area (TPSA) is 66.5 Å². The van der Waals surface area contributed by atoms with Gasteiger partial charge in [0.15, 0.2) is 0 Å². The molecule has 0 heterocycles. The van der Waals surface area contributed by atoms with E-state index in [1.807, 2.05) is 30.3 Å². The van der Waals surface area contributed by atoms with Crippen molar-refractivity contribution in [3.63, 3.8) is 0 Å². The Hall–Kier alpha value is -2.41. The van der Waals surface area contributed by atoms with Gasteiger partial charge in [0.25, 0.3) is 0 Å². The number of carbonyl (C=O) groups is 1. The van der Waals surface area contributed by atoms with Crippen LogP contribution in [-0.2, 0) is 21.2 Å². The highest BCUT2D eigenvalue weighted by molar-refractivity contribution is 7.92. The van der Waals surface area contributed by atoms with Crippen LogP contribution in [0.3, 0.4) is 0 Å². The van der Waals surface area contributed by atoms with Gasteiger partial charge in [-0.3, -0.25) is 9.10 Å². The summed E-state index contributed by atoms with van der Waals surface area (Å²) in [5, 5.41) is 2.80. The molecular formula is C19H23FN2O3S. The van der Waals surface area contributed by atoms with Crippen molar-refractivity contribution in [1.29, 1.82) is 0 Å². The first-order chi connectivity index (χ1) is 12.4. The zero-order valence-corrected chi connectivity index (χ0v) is 15.5. The summed E-state index contributed by atoms with van der Waals surface area (Å²) in [4.78, 5) is 12.0. The standard InChI is InChI=1S/C19H23FN2O3S/c1-26(24,25)22(18-11-9-17(20)10-12-18)15-13-19(23)21-14-5-8-16-6-3-2-4-7-16/h2-4,6-7,9-12H,5,8,13-15H2,1H3,(H,21,23). The number of halogens is 1. The summed E-state index contributed by atoms with van der Waals surface area (Å²) in [6, 6.07) is 15.1. The second kappa shape index (κ2) is 9.33. The Morgan fingerprint density at radius 3 is 2.35 bits per heavy atom. The maximum atomic E-state index is 13.0. The minimum atomic E-state index is -3.56. The molecule has 0 aliphatic carbocycles. The molecule has 0 bridgehead atoms. The van der Waals surface area contributed by atoms with Gasteiger partial charge in [-0.05, 0) is 42.7 Å². The quantitative estimate of drug-likeness (QED) is 0.683. The molecular weight excluding hydrogens is 355 g/mol. The summed E-state index contributed by atoms with van der Waals surface area (Å²) in [6.07, 6.45) is 2.78. The van der Waals surface area contributed by atoms with Crippen molar-refractivity contribution >= 4 is 21.6 Å². The highest BCUT2D eigenvalue weighted by atomic mass is 32.2. The summed E-state index contributed by atoms with van der Waals surface area (Å²) in [5.74, 6) is -0.660. The van der Waals surface area contributed by atoms with Crippen LogP contribution < -0.4 is 9.62 Å². The Morgan fingerprint density at radius 2 is 1.73 bits per heavy atom. The Morgan fingerprint density at radius 1 is 1.08 bits per heavy atom. The molecule has 0 fully saturated rings. The third kappa shape index (κ3) is 6.48. The summed E-state index contributed by atoms with van der Waals surface area (Å²) < 4.78 is 38.0. The number of anilines is 1. The van der Waals surface area contributed by atoms with Crippen LogP contribution in [0.25, 0.3) is 0 Å². The number of sulfonamides is 1. The van der Waals surface area contributed by atoms with Crippen molar-refractivity contribution in [2.24, 2.45) is 0 Å². The summed E-state index contributed by atoms with van der Waals surface area (Å²) in [5.41, 5.74) is 1.55. The molecule has 1 amide bonds. The average Bonchev–Trinajstić information content (AvgIpc) is 2.60. The van der Waals surface area contributed by atoms with E-state index < -0.39 is 15.8 Å². The van der Waals surface area contributed by atoms with Crippen LogP contribution in [0.2, 0.25) is 0 Å². The third-order valence-electron chi connectivity index (χ3n) is 3.86. The van der Waals surface area contributed by atoms with E-state index in [4.69, 9.17) is 0 Å². The molecule has 2 aromatic carbocycles. The molecule has 0 saturated heterocycles. The normalized spacial score (nSPS) is 11.2. The van der Waals surface area contributed by atoms with Crippen LogP contribution in [-0.4, -0.2) is 33.7 Å². The monoisotopic (exact) mass is 378 g/mol. The van der Waals surface area contributed by atoms with Gasteiger partial charge in [0.05, 0.1) is 11.9 Å². The molecule has 0 unspecified atom stereocenters. The van der Waals surface area contributed by atoms with E-state index in [1.165, 1.54) is 29.8 Å². The van der Waals surface area contributed by atoms with Crippen LogP contribution in [0.1, 0.15) is 18.4 Å². The highest BCUT2D eigenvalue weighted by Gasteiger charge is 2.18. The third-order valence-corrected chi connectivity index (χ3v) is 5.06. The highest BCUT2D eigenvalue weighted by Crippen LogP contribution is 2.18. The molecule has 0 spiro atoms. The lowest BCUT2D eigenvalue weighted by Crippen LogP contribution is -2.35. The Kier molecular flexibility index (Phi) is 7.15. The van der Waals surface area contributed by atoms with Crippen molar-refractivity contribution in [2.45, 2.75) is 19.3 Å². The van der Waals surface area contributed by atoms with Crippen molar-refractivity contribution in [2.75, 3.05) is 23.7 Å². The van der Waals surface area contributed by atoms with E-state index in [0.717, 1.165) is 23.4 Å². The summed E-state index contributed by atoms with van der Waals surface area (Å²) in [7, 11) is -3.56. The van der Waals surface area contributed by atoms with Gasteiger partial charge in [-0.2, -0.15) is 0 Å². The van der Waals surface area contributed by atoms with E-state index in [9.17, 15) is 17.6 Å². The molecule has 2 aromatic rings. The first-order valence-electron chi connectivity index (χ1n) is 8.40. The van der Waals surface area contributed by atoms with E-state index in [-0.39, 0.29) is 18.9 Å². The Bertz CT molecular complexity index is 808.